The molecular weight excluding hydrogens is 218 g/mol. The first-order valence-corrected chi connectivity index (χ1v) is 7.81. The minimum Gasteiger partial charge on any atom is -0.379 e. The predicted octanol–water partition coefficient (Wildman–Crippen LogP) is 2.82. The molecule has 16 heavy (non-hydrogen) atoms. The highest BCUT2D eigenvalue weighted by molar-refractivity contribution is 8.00. The maximum absolute atomic E-state index is 5.29. The van der Waals surface area contributed by atoms with Crippen LogP contribution in [0, 0.1) is 0 Å². The molecule has 3 heteroatoms. The van der Waals surface area contributed by atoms with Crippen molar-refractivity contribution in [2.24, 2.45) is 0 Å². The van der Waals surface area contributed by atoms with Gasteiger partial charge in [0.25, 0.3) is 0 Å². The normalized spacial score (nSPS) is 32.8. The van der Waals surface area contributed by atoms with Gasteiger partial charge in [0, 0.05) is 11.3 Å². The van der Waals surface area contributed by atoms with Gasteiger partial charge in [0.1, 0.15) is 0 Å². The minimum absolute atomic E-state index is 0.746. The van der Waals surface area contributed by atoms with Crippen molar-refractivity contribution in [3.63, 3.8) is 0 Å². The first-order valence-electron chi connectivity index (χ1n) is 6.86. The van der Waals surface area contributed by atoms with E-state index in [1.54, 1.807) is 0 Å². The van der Waals surface area contributed by atoms with Crippen LogP contribution >= 0.6 is 11.8 Å². The Labute approximate surface area is 104 Å². The van der Waals surface area contributed by atoms with Crippen LogP contribution in [0.3, 0.4) is 0 Å². The van der Waals surface area contributed by atoms with Crippen LogP contribution in [-0.2, 0) is 4.74 Å². The molecule has 0 aromatic rings. The van der Waals surface area contributed by atoms with Crippen molar-refractivity contribution in [1.29, 1.82) is 0 Å². The average molecular weight is 243 g/mol. The Hall–Kier alpha value is 0.270. The van der Waals surface area contributed by atoms with Crippen molar-refractivity contribution in [3.8, 4) is 0 Å². The van der Waals surface area contributed by atoms with E-state index in [9.17, 15) is 0 Å². The van der Waals surface area contributed by atoms with Gasteiger partial charge in [-0.2, -0.15) is 0 Å². The minimum atomic E-state index is 0.746. The molecular formula is C13H25NOS. The second-order valence-corrected chi connectivity index (χ2v) is 6.53. The molecule has 2 fully saturated rings. The molecule has 0 aromatic carbocycles. The van der Waals surface area contributed by atoms with Crippen LogP contribution < -0.4 is 5.32 Å². The summed E-state index contributed by atoms with van der Waals surface area (Å²) in [6.45, 7) is 5.32. The molecule has 2 atom stereocenters. The molecule has 2 aliphatic rings. The molecule has 0 bridgehead atoms. The quantitative estimate of drug-likeness (QED) is 0.820. The van der Waals surface area contributed by atoms with Crippen LogP contribution in [0.15, 0.2) is 0 Å². The van der Waals surface area contributed by atoms with E-state index in [4.69, 9.17) is 4.74 Å². The summed E-state index contributed by atoms with van der Waals surface area (Å²) in [6.07, 6.45) is 8.49. The molecule has 0 aromatic heterocycles. The molecule has 1 N–H and O–H groups in total. The van der Waals surface area contributed by atoms with Crippen LogP contribution in [0.1, 0.15) is 45.4 Å². The summed E-state index contributed by atoms with van der Waals surface area (Å²) < 4.78 is 5.29. The molecule has 1 heterocycles. The number of hydrogen-bond donors (Lipinski definition) is 1. The number of hydrogen-bond acceptors (Lipinski definition) is 3. The molecule has 0 amide bonds. The van der Waals surface area contributed by atoms with Gasteiger partial charge in [-0.1, -0.05) is 32.6 Å². The summed E-state index contributed by atoms with van der Waals surface area (Å²) in [5.74, 6) is 0. The standard InChI is InChI=1S/C13H25NOS/c1-2-14-12-7-5-3-4-6-8-13(12)16-11-9-15-10-11/h11-14H,2-10H2,1H3. The summed E-state index contributed by atoms with van der Waals surface area (Å²) in [6, 6.07) is 0.746. The fourth-order valence-corrected chi connectivity index (χ4v) is 4.22. The lowest BCUT2D eigenvalue weighted by Gasteiger charge is -2.35. The van der Waals surface area contributed by atoms with E-state index in [0.717, 1.165) is 36.3 Å². The maximum atomic E-state index is 5.29. The van der Waals surface area contributed by atoms with Gasteiger partial charge in [0.2, 0.25) is 0 Å². The highest BCUT2D eigenvalue weighted by Crippen LogP contribution is 2.32. The zero-order valence-corrected chi connectivity index (χ0v) is 11.2. The summed E-state index contributed by atoms with van der Waals surface area (Å²) in [5, 5.41) is 5.31. The Kier molecular flexibility index (Phi) is 5.46. The van der Waals surface area contributed by atoms with Gasteiger partial charge < -0.3 is 10.1 Å². The zero-order chi connectivity index (χ0) is 11.2. The van der Waals surface area contributed by atoms with Crippen molar-refractivity contribution in [2.75, 3.05) is 19.8 Å². The van der Waals surface area contributed by atoms with Gasteiger partial charge in [0.05, 0.1) is 18.5 Å². The topological polar surface area (TPSA) is 21.3 Å². The average Bonchev–Trinajstić information content (AvgIpc) is 2.19. The second-order valence-electron chi connectivity index (χ2n) is 4.99. The highest BCUT2D eigenvalue weighted by atomic mass is 32.2. The van der Waals surface area contributed by atoms with Crippen LogP contribution in [0.25, 0.3) is 0 Å². The van der Waals surface area contributed by atoms with Gasteiger partial charge in [-0.15, -0.1) is 11.8 Å². The third-order valence-electron chi connectivity index (χ3n) is 3.64. The Morgan fingerprint density at radius 3 is 2.50 bits per heavy atom. The first-order chi connectivity index (χ1) is 7.90. The lowest BCUT2D eigenvalue weighted by atomic mass is 9.96. The first kappa shape index (κ1) is 12.7. The number of rotatable bonds is 4. The van der Waals surface area contributed by atoms with E-state index in [1.807, 2.05) is 0 Å². The van der Waals surface area contributed by atoms with Crippen LogP contribution in [0.5, 0.6) is 0 Å². The smallest absolute Gasteiger partial charge is 0.0608 e. The third kappa shape index (κ3) is 3.64. The van der Waals surface area contributed by atoms with E-state index >= 15 is 0 Å². The van der Waals surface area contributed by atoms with Crippen molar-refractivity contribution >= 4 is 11.8 Å². The lowest BCUT2D eigenvalue weighted by molar-refractivity contribution is 0.0451. The third-order valence-corrected chi connectivity index (χ3v) is 5.21. The van der Waals surface area contributed by atoms with Gasteiger partial charge in [-0.3, -0.25) is 0 Å². The van der Waals surface area contributed by atoms with E-state index in [2.05, 4.69) is 24.0 Å². The summed E-state index contributed by atoms with van der Waals surface area (Å²) in [4.78, 5) is 0. The Balaban J connectivity index is 1.84. The summed E-state index contributed by atoms with van der Waals surface area (Å²) in [7, 11) is 0. The molecule has 1 saturated heterocycles. The van der Waals surface area contributed by atoms with Gasteiger partial charge in [-0.05, 0) is 19.4 Å². The fraction of sp³-hybridized carbons (Fsp3) is 1.00. The van der Waals surface area contributed by atoms with Gasteiger partial charge in [-0.25, -0.2) is 0 Å². The fourth-order valence-electron chi connectivity index (χ4n) is 2.65. The van der Waals surface area contributed by atoms with Crippen molar-refractivity contribution < 1.29 is 4.74 Å². The molecule has 2 rings (SSSR count). The maximum Gasteiger partial charge on any atom is 0.0608 e. The lowest BCUT2D eigenvalue weighted by Crippen LogP contribution is -2.42. The number of thioether (sulfide) groups is 1. The molecule has 1 aliphatic carbocycles. The molecule has 0 radical (unpaired) electrons. The SMILES string of the molecule is CCNC1CCCCCCC1SC1COC1. The molecule has 94 valence electrons. The van der Waals surface area contributed by atoms with Gasteiger partial charge in [0.15, 0.2) is 0 Å². The van der Waals surface area contributed by atoms with Crippen molar-refractivity contribution in [2.45, 2.75) is 62.0 Å². The zero-order valence-electron chi connectivity index (χ0n) is 10.4. The number of nitrogens with one attached hydrogen (secondary N) is 1. The highest BCUT2D eigenvalue weighted by Gasteiger charge is 2.28. The van der Waals surface area contributed by atoms with Gasteiger partial charge >= 0.3 is 0 Å². The van der Waals surface area contributed by atoms with E-state index < -0.39 is 0 Å². The van der Waals surface area contributed by atoms with E-state index in [0.29, 0.717) is 0 Å². The largest absolute Gasteiger partial charge is 0.379 e. The van der Waals surface area contributed by atoms with Crippen LogP contribution in [0.4, 0.5) is 0 Å². The molecule has 0 spiro atoms. The molecule has 1 saturated carbocycles. The molecule has 1 aliphatic heterocycles. The second kappa shape index (κ2) is 6.87. The summed E-state index contributed by atoms with van der Waals surface area (Å²) >= 11 is 2.19. The Morgan fingerprint density at radius 1 is 1.12 bits per heavy atom. The van der Waals surface area contributed by atoms with E-state index in [1.165, 1.54) is 38.5 Å². The van der Waals surface area contributed by atoms with Crippen LogP contribution in [0.2, 0.25) is 0 Å². The Bertz CT molecular complexity index is 196. The predicted molar refractivity (Wildman–Crippen MR) is 71.2 cm³/mol. The van der Waals surface area contributed by atoms with Crippen molar-refractivity contribution in [1.82, 2.24) is 5.32 Å². The number of ether oxygens (including phenoxy) is 1. The van der Waals surface area contributed by atoms with Crippen LogP contribution in [-0.4, -0.2) is 36.3 Å². The monoisotopic (exact) mass is 243 g/mol. The van der Waals surface area contributed by atoms with E-state index in [-0.39, 0.29) is 0 Å². The Morgan fingerprint density at radius 2 is 1.88 bits per heavy atom. The molecule has 2 nitrogen and oxygen atoms in total. The summed E-state index contributed by atoms with van der Waals surface area (Å²) in [5.41, 5.74) is 0. The molecule has 2 unspecified atom stereocenters. The van der Waals surface area contributed by atoms with Crippen molar-refractivity contribution in [3.05, 3.63) is 0 Å².